The van der Waals surface area contributed by atoms with E-state index in [0.29, 0.717) is 11.1 Å². The van der Waals surface area contributed by atoms with Crippen LogP contribution in [-0.2, 0) is 20.3 Å². The van der Waals surface area contributed by atoms with E-state index in [1.807, 2.05) is 13.8 Å². The van der Waals surface area contributed by atoms with E-state index in [4.69, 9.17) is 0 Å². The molecule has 0 aliphatic heterocycles. The van der Waals surface area contributed by atoms with Crippen LogP contribution in [0.4, 0.5) is 0 Å². The highest BCUT2D eigenvalue weighted by Gasteiger charge is 2.16. The van der Waals surface area contributed by atoms with Gasteiger partial charge in [0.1, 0.15) is 0 Å². The minimum atomic E-state index is -3.10. The molecule has 0 radical (unpaired) electrons. The van der Waals surface area contributed by atoms with Crippen LogP contribution in [0.2, 0.25) is 0 Å². The standard InChI is InChI=1S/C14H20O4S/c1-4-11(2)9-19(16,17)10-12-5-7-13(8-6-12)14(15)18-3/h5-8,11H,4,9-10H2,1-3H3. The van der Waals surface area contributed by atoms with E-state index in [-0.39, 0.29) is 17.4 Å². The fourth-order valence-electron chi connectivity index (χ4n) is 1.72. The Kier molecular flexibility index (Phi) is 5.54. The maximum absolute atomic E-state index is 12.0. The number of ether oxygens (including phenoxy) is 1. The van der Waals surface area contributed by atoms with Crippen molar-refractivity contribution in [2.45, 2.75) is 26.0 Å². The summed E-state index contributed by atoms with van der Waals surface area (Å²) in [6.07, 6.45) is 0.848. The van der Waals surface area contributed by atoms with Crippen LogP contribution in [0.15, 0.2) is 24.3 Å². The molecule has 1 rings (SSSR count). The highest BCUT2D eigenvalue weighted by Crippen LogP contribution is 2.13. The predicted octanol–water partition coefficient (Wildman–Crippen LogP) is 2.43. The Labute approximate surface area is 114 Å². The molecule has 0 fully saturated rings. The van der Waals surface area contributed by atoms with E-state index in [9.17, 15) is 13.2 Å². The van der Waals surface area contributed by atoms with Gasteiger partial charge < -0.3 is 4.74 Å². The Bertz CT molecular complexity index is 517. The molecule has 0 saturated heterocycles. The highest BCUT2D eigenvalue weighted by molar-refractivity contribution is 7.90. The SMILES string of the molecule is CCC(C)CS(=O)(=O)Cc1ccc(C(=O)OC)cc1. The van der Waals surface area contributed by atoms with Crippen molar-refractivity contribution < 1.29 is 17.9 Å². The van der Waals surface area contributed by atoms with Crippen molar-refractivity contribution in [3.8, 4) is 0 Å². The minimum absolute atomic E-state index is 0.0127. The maximum Gasteiger partial charge on any atom is 0.337 e. The lowest BCUT2D eigenvalue weighted by Gasteiger charge is -2.09. The molecule has 1 atom stereocenters. The Morgan fingerprint density at radius 3 is 2.32 bits per heavy atom. The number of rotatable bonds is 6. The summed E-state index contributed by atoms with van der Waals surface area (Å²) >= 11 is 0. The lowest BCUT2D eigenvalue weighted by molar-refractivity contribution is 0.0600. The van der Waals surface area contributed by atoms with Gasteiger partial charge in [-0.15, -0.1) is 0 Å². The number of benzene rings is 1. The van der Waals surface area contributed by atoms with Gasteiger partial charge in [-0.2, -0.15) is 0 Å². The van der Waals surface area contributed by atoms with Gasteiger partial charge in [0.15, 0.2) is 9.84 Å². The third kappa shape index (κ3) is 5.03. The zero-order chi connectivity index (χ0) is 14.5. The molecule has 1 aromatic carbocycles. The monoisotopic (exact) mass is 284 g/mol. The predicted molar refractivity (Wildman–Crippen MR) is 74.7 cm³/mol. The Hall–Kier alpha value is -1.36. The molecule has 19 heavy (non-hydrogen) atoms. The quantitative estimate of drug-likeness (QED) is 0.753. The van der Waals surface area contributed by atoms with Crippen molar-refractivity contribution in [1.82, 2.24) is 0 Å². The van der Waals surface area contributed by atoms with Crippen LogP contribution in [0.25, 0.3) is 0 Å². The van der Waals surface area contributed by atoms with Gasteiger partial charge in [0.25, 0.3) is 0 Å². The average Bonchev–Trinajstić information content (AvgIpc) is 2.37. The zero-order valence-corrected chi connectivity index (χ0v) is 12.4. The summed E-state index contributed by atoms with van der Waals surface area (Å²) in [6, 6.07) is 6.47. The molecule has 1 unspecified atom stereocenters. The van der Waals surface area contributed by atoms with Crippen molar-refractivity contribution >= 4 is 15.8 Å². The molecule has 0 spiro atoms. The number of carbonyl (C=O) groups excluding carboxylic acids is 1. The molecule has 0 amide bonds. The summed E-state index contributed by atoms with van der Waals surface area (Å²) in [4.78, 5) is 11.3. The summed E-state index contributed by atoms with van der Waals surface area (Å²) in [6.45, 7) is 3.91. The lowest BCUT2D eigenvalue weighted by atomic mass is 10.1. The van der Waals surface area contributed by atoms with Crippen molar-refractivity contribution in [3.63, 3.8) is 0 Å². The van der Waals surface area contributed by atoms with E-state index in [1.54, 1.807) is 24.3 Å². The first-order valence-corrected chi connectivity index (χ1v) is 8.07. The second kappa shape index (κ2) is 6.70. The number of methoxy groups -OCH3 is 1. The molecule has 0 aliphatic carbocycles. The summed E-state index contributed by atoms with van der Waals surface area (Å²) in [5.74, 6) is -0.0468. The Morgan fingerprint density at radius 1 is 1.26 bits per heavy atom. The van der Waals surface area contributed by atoms with E-state index < -0.39 is 15.8 Å². The van der Waals surface area contributed by atoms with Crippen molar-refractivity contribution in [2.24, 2.45) is 5.92 Å². The molecule has 106 valence electrons. The molecule has 0 heterocycles. The summed E-state index contributed by atoms with van der Waals surface area (Å²) < 4.78 is 28.5. The van der Waals surface area contributed by atoms with Crippen molar-refractivity contribution in [1.29, 1.82) is 0 Å². The second-order valence-corrected chi connectivity index (χ2v) is 6.87. The van der Waals surface area contributed by atoms with Crippen LogP contribution in [-0.4, -0.2) is 27.2 Å². The van der Waals surface area contributed by atoms with E-state index in [2.05, 4.69) is 4.74 Å². The molecular formula is C14H20O4S. The van der Waals surface area contributed by atoms with Crippen LogP contribution < -0.4 is 0 Å². The van der Waals surface area contributed by atoms with Crippen molar-refractivity contribution in [2.75, 3.05) is 12.9 Å². The summed E-state index contributed by atoms with van der Waals surface area (Å²) in [7, 11) is -1.79. The number of hydrogen-bond donors (Lipinski definition) is 0. The van der Waals surface area contributed by atoms with Crippen molar-refractivity contribution in [3.05, 3.63) is 35.4 Å². The molecule has 0 N–H and O–H groups in total. The van der Waals surface area contributed by atoms with Gasteiger partial charge in [-0.05, 0) is 23.6 Å². The number of hydrogen-bond acceptors (Lipinski definition) is 4. The molecule has 5 heteroatoms. The molecule has 0 aromatic heterocycles. The molecule has 1 aromatic rings. The van der Waals surface area contributed by atoms with Crippen LogP contribution in [0.3, 0.4) is 0 Å². The number of carbonyl (C=O) groups is 1. The van der Waals surface area contributed by atoms with Crippen LogP contribution in [0.1, 0.15) is 36.2 Å². The molecule has 0 bridgehead atoms. The van der Waals surface area contributed by atoms with Gasteiger partial charge in [-0.1, -0.05) is 32.4 Å². The second-order valence-electron chi connectivity index (χ2n) is 4.76. The van der Waals surface area contributed by atoms with Crippen LogP contribution in [0, 0.1) is 5.92 Å². The molecule has 0 saturated carbocycles. The fraction of sp³-hybridized carbons (Fsp3) is 0.500. The first-order valence-electron chi connectivity index (χ1n) is 6.25. The van der Waals surface area contributed by atoms with Gasteiger partial charge in [-0.25, -0.2) is 13.2 Å². The van der Waals surface area contributed by atoms with Gasteiger partial charge in [0.2, 0.25) is 0 Å². The van der Waals surface area contributed by atoms with Gasteiger partial charge in [0.05, 0.1) is 24.2 Å². The smallest absolute Gasteiger partial charge is 0.337 e. The van der Waals surface area contributed by atoms with Crippen LogP contribution >= 0.6 is 0 Å². The summed E-state index contributed by atoms with van der Waals surface area (Å²) in [5, 5.41) is 0. The lowest BCUT2D eigenvalue weighted by Crippen LogP contribution is -2.15. The van der Waals surface area contributed by atoms with Gasteiger partial charge in [0, 0.05) is 0 Å². The highest BCUT2D eigenvalue weighted by atomic mass is 32.2. The normalized spacial score (nSPS) is 13.0. The largest absolute Gasteiger partial charge is 0.465 e. The fourth-order valence-corrected chi connectivity index (χ4v) is 3.64. The van der Waals surface area contributed by atoms with E-state index in [1.165, 1.54) is 7.11 Å². The summed E-state index contributed by atoms with van der Waals surface area (Å²) in [5.41, 5.74) is 1.11. The third-order valence-electron chi connectivity index (χ3n) is 3.00. The van der Waals surface area contributed by atoms with E-state index >= 15 is 0 Å². The van der Waals surface area contributed by atoms with Gasteiger partial charge >= 0.3 is 5.97 Å². The van der Waals surface area contributed by atoms with Crippen LogP contribution in [0.5, 0.6) is 0 Å². The average molecular weight is 284 g/mol. The Balaban J connectivity index is 2.75. The minimum Gasteiger partial charge on any atom is -0.465 e. The number of sulfone groups is 1. The maximum atomic E-state index is 12.0. The van der Waals surface area contributed by atoms with Gasteiger partial charge in [-0.3, -0.25) is 0 Å². The molecular weight excluding hydrogens is 264 g/mol. The topological polar surface area (TPSA) is 60.4 Å². The zero-order valence-electron chi connectivity index (χ0n) is 11.5. The first-order chi connectivity index (χ1) is 8.88. The molecule has 4 nitrogen and oxygen atoms in total. The first kappa shape index (κ1) is 15.7. The molecule has 0 aliphatic rings. The number of esters is 1. The third-order valence-corrected chi connectivity index (χ3v) is 4.85. The van der Waals surface area contributed by atoms with E-state index in [0.717, 1.165) is 6.42 Å². The Morgan fingerprint density at radius 2 is 1.84 bits per heavy atom.